The quantitative estimate of drug-likeness (QED) is 0.738. The van der Waals surface area contributed by atoms with Crippen LogP contribution in [0.25, 0.3) is 0 Å². The molecule has 0 saturated carbocycles. The highest BCUT2D eigenvalue weighted by atomic mass is 19.1. The number of carbonyl (C=O) groups is 1. The number of pyridine rings is 1. The Balaban J connectivity index is 2.69. The summed E-state index contributed by atoms with van der Waals surface area (Å²) in [6.07, 6.45) is 3.16. The van der Waals surface area contributed by atoms with E-state index in [9.17, 15) is 9.18 Å². The van der Waals surface area contributed by atoms with Crippen molar-refractivity contribution < 1.29 is 9.18 Å². The van der Waals surface area contributed by atoms with Crippen LogP contribution in [-0.2, 0) is 0 Å². The molecule has 0 aliphatic carbocycles. The molecule has 0 radical (unpaired) electrons. The molecule has 0 aliphatic heterocycles. The van der Waals surface area contributed by atoms with Gasteiger partial charge in [0.15, 0.2) is 11.6 Å². The van der Waals surface area contributed by atoms with Gasteiger partial charge < -0.3 is 11.1 Å². The molecule has 1 heterocycles. The van der Waals surface area contributed by atoms with Crippen molar-refractivity contribution in [1.29, 1.82) is 0 Å². The lowest BCUT2D eigenvalue weighted by Gasteiger charge is -2.05. The molecule has 15 heavy (non-hydrogen) atoms. The lowest BCUT2D eigenvalue weighted by atomic mass is 10.2. The summed E-state index contributed by atoms with van der Waals surface area (Å²) >= 11 is 0. The van der Waals surface area contributed by atoms with Crippen molar-refractivity contribution in [2.45, 2.75) is 19.8 Å². The zero-order valence-corrected chi connectivity index (χ0v) is 8.59. The number of hydrogen-bond donors (Lipinski definition) is 2. The number of anilines is 1. The zero-order valence-electron chi connectivity index (χ0n) is 8.59. The van der Waals surface area contributed by atoms with E-state index in [1.54, 1.807) is 0 Å². The van der Waals surface area contributed by atoms with Gasteiger partial charge in [0.2, 0.25) is 0 Å². The predicted octanol–water partition coefficient (Wildman–Crippen LogP) is 1.33. The number of unbranched alkanes of at least 4 members (excludes halogenated alkanes) is 1. The Morgan fingerprint density at radius 1 is 1.67 bits per heavy atom. The Morgan fingerprint density at radius 2 is 2.40 bits per heavy atom. The van der Waals surface area contributed by atoms with Gasteiger partial charge >= 0.3 is 0 Å². The standard InChI is InChI=1S/C10H14FN3O/c1-2-3-5-14-10(15)7-4-6-13-9(12)8(7)11/h4,6H,2-3,5H2,1H3,(H2,12,13)(H,14,15). The van der Waals surface area contributed by atoms with E-state index in [0.717, 1.165) is 12.8 Å². The van der Waals surface area contributed by atoms with Crippen LogP contribution in [0.15, 0.2) is 12.3 Å². The van der Waals surface area contributed by atoms with Crippen LogP contribution in [0.3, 0.4) is 0 Å². The summed E-state index contributed by atoms with van der Waals surface area (Å²) in [7, 11) is 0. The number of nitrogens with one attached hydrogen (secondary N) is 1. The molecule has 3 N–H and O–H groups in total. The van der Waals surface area contributed by atoms with Gasteiger partial charge in [-0.1, -0.05) is 13.3 Å². The van der Waals surface area contributed by atoms with Gasteiger partial charge in [0.1, 0.15) is 0 Å². The second-order valence-corrected chi connectivity index (χ2v) is 3.17. The maximum Gasteiger partial charge on any atom is 0.254 e. The first-order valence-electron chi connectivity index (χ1n) is 4.85. The number of nitrogens with zero attached hydrogens (tertiary/aromatic N) is 1. The molecule has 0 aromatic carbocycles. The second-order valence-electron chi connectivity index (χ2n) is 3.17. The van der Waals surface area contributed by atoms with Crippen LogP contribution in [0, 0.1) is 5.82 Å². The molecule has 0 spiro atoms. The summed E-state index contributed by atoms with van der Waals surface area (Å²) in [4.78, 5) is 15.0. The van der Waals surface area contributed by atoms with Crippen LogP contribution in [0.5, 0.6) is 0 Å². The topological polar surface area (TPSA) is 68.0 Å². The van der Waals surface area contributed by atoms with Crippen molar-refractivity contribution in [3.63, 3.8) is 0 Å². The van der Waals surface area contributed by atoms with Gasteiger partial charge in [-0.3, -0.25) is 4.79 Å². The fourth-order valence-corrected chi connectivity index (χ4v) is 1.11. The smallest absolute Gasteiger partial charge is 0.254 e. The lowest BCUT2D eigenvalue weighted by Crippen LogP contribution is -2.25. The van der Waals surface area contributed by atoms with Gasteiger partial charge in [0.05, 0.1) is 5.56 Å². The van der Waals surface area contributed by atoms with Crippen LogP contribution in [-0.4, -0.2) is 17.4 Å². The Labute approximate surface area is 87.7 Å². The Kier molecular flexibility index (Phi) is 4.03. The minimum Gasteiger partial charge on any atom is -0.381 e. The SMILES string of the molecule is CCCCNC(=O)c1ccnc(N)c1F. The van der Waals surface area contributed by atoms with Gasteiger partial charge in [0, 0.05) is 12.7 Å². The monoisotopic (exact) mass is 211 g/mol. The number of aromatic nitrogens is 1. The first kappa shape index (κ1) is 11.4. The molecular formula is C10H14FN3O. The molecule has 82 valence electrons. The third-order valence-corrected chi connectivity index (χ3v) is 1.98. The van der Waals surface area contributed by atoms with E-state index in [1.165, 1.54) is 12.3 Å². The van der Waals surface area contributed by atoms with Crippen molar-refractivity contribution in [2.75, 3.05) is 12.3 Å². The fourth-order valence-electron chi connectivity index (χ4n) is 1.11. The van der Waals surface area contributed by atoms with E-state index in [1.807, 2.05) is 6.92 Å². The summed E-state index contributed by atoms with van der Waals surface area (Å²) in [5.74, 6) is -1.46. The molecule has 0 fully saturated rings. The number of nitrogens with two attached hydrogens (primary N) is 1. The van der Waals surface area contributed by atoms with Gasteiger partial charge in [-0.2, -0.15) is 0 Å². The molecule has 0 atom stereocenters. The largest absolute Gasteiger partial charge is 0.381 e. The van der Waals surface area contributed by atoms with Gasteiger partial charge in [-0.05, 0) is 12.5 Å². The molecule has 1 amide bonds. The number of carbonyl (C=O) groups excluding carboxylic acids is 1. The molecule has 1 aromatic rings. The van der Waals surface area contributed by atoms with E-state index in [2.05, 4.69) is 10.3 Å². The van der Waals surface area contributed by atoms with Crippen molar-refractivity contribution >= 4 is 11.7 Å². The molecule has 1 aromatic heterocycles. The minimum absolute atomic E-state index is 0.0568. The third-order valence-electron chi connectivity index (χ3n) is 1.98. The minimum atomic E-state index is -0.758. The number of halogens is 1. The number of amides is 1. The molecule has 5 heteroatoms. The summed E-state index contributed by atoms with van der Waals surface area (Å²) in [5.41, 5.74) is 5.19. The first-order chi connectivity index (χ1) is 7.16. The van der Waals surface area contributed by atoms with Crippen molar-refractivity contribution in [1.82, 2.24) is 10.3 Å². The molecule has 4 nitrogen and oxygen atoms in total. The van der Waals surface area contributed by atoms with Crippen LogP contribution < -0.4 is 11.1 Å². The van der Waals surface area contributed by atoms with Gasteiger partial charge in [0.25, 0.3) is 5.91 Å². The maximum absolute atomic E-state index is 13.3. The Hall–Kier alpha value is -1.65. The van der Waals surface area contributed by atoms with Crippen molar-refractivity contribution in [3.8, 4) is 0 Å². The van der Waals surface area contributed by atoms with Gasteiger partial charge in [-0.15, -0.1) is 0 Å². The molecule has 0 bridgehead atoms. The van der Waals surface area contributed by atoms with E-state index in [-0.39, 0.29) is 11.4 Å². The predicted molar refractivity (Wildman–Crippen MR) is 55.8 cm³/mol. The second kappa shape index (κ2) is 5.29. The maximum atomic E-state index is 13.3. The summed E-state index contributed by atoms with van der Waals surface area (Å²) < 4.78 is 13.3. The van der Waals surface area contributed by atoms with Crippen molar-refractivity contribution in [2.24, 2.45) is 0 Å². The van der Waals surface area contributed by atoms with Crippen LogP contribution in [0.1, 0.15) is 30.1 Å². The number of rotatable bonds is 4. The highest BCUT2D eigenvalue weighted by Crippen LogP contribution is 2.11. The van der Waals surface area contributed by atoms with E-state index in [4.69, 9.17) is 5.73 Å². The van der Waals surface area contributed by atoms with E-state index < -0.39 is 11.7 Å². The Bertz CT molecular complexity index is 355. The third kappa shape index (κ3) is 2.90. The number of nitrogen functional groups attached to an aromatic ring is 1. The summed E-state index contributed by atoms with van der Waals surface area (Å²) in [6, 6.07) is 1.31. The normalized spacial score (nSPS) is 10.0. The van der Waals surface area contributed by atoms with Gasteiger partial charge in [-0.25, -0.2) is 9.37 Å². The van der Waals surface area contributed by atoms with E-state index in [0.29, 0.717) is 6.54 Å². The highest BCUT2D eigenvalue weighted by molar-refractivity contribution is 5.95. The van der Waals surface area contributed by atoms with E-state index >= 15 is 0 Å². The Morgan fingerprint density at radius 3 is 3.07 bits per heavy atom. The first-order valence-corrected chi connectivity index (χ1v) is 4.85. The molecule has 1 rings (SSSR count). The molecule has 0 aliphatic rings. The van der Waals surface area contributed by atoms with Crippen LogP contribution >= 0.6 is 0 Å². The molecule has 0 unspecified atom stereocenters. The number of hydrogen-bond acceptors (Lipinski definition) is 3. The summed E-state index contributed by atoms with van der Waals surface area (Å²) in [5, 5.41) is 2.61. The molecular weight excluding hydrogens is 197 g/mol. The average Bonchev–Trinajstić information content (AvgIpc) is 2.22. The van der Waals surface area contributed by atoms with Crippen LogP contribution in [0.2, 0.25) is 0 Å². The average molecular weight is 211 g/mol. The van der Waals surface area contributed by atoms with Crippen molar-refractivity contribution in [3.05, 3.63) is 23.6 Å². The fraction of sp³-hybridized carbons (Fsp3) is 0.400. The highest BCUT2D eigenvalue weighted by Gasteiger charge is 2.13. The van der Waals surface area contributed by atoms with Crippen LogP contribution in [0.4, 0.5) is 10.2 Å². The lowest BCUT2D eigenvalue weighted by molar-refractivity contribution is 0.0949. The summed E-state index contributed by atoms with van der Waals surface area (Å²) in [6.45, 7) is 2.55. The molecule has 0 saturated heterocycles. The zero-order chi connectivity index (χ0) is 11.3.